The number of hydrogen-bond acceptors (Lipinski definition) is 3. The molecule has 0 aliphatic heterocycles. The molecule has 1 amide bonds. The van der Waals surface area contributed by atoms with Gasteiger partial charge in [0.25, 0.3) is 5.91 Å². The number of anilines is 1. The van der Waals surface area contributed by atoms with Crippen molar-refractivity contribution in [3.05, 3.63) is 43.1 Å². The molecular weight excluding hydrogens is 368 g/mol. The number of nitrogens with one attached hydrogen (secondary N) is 1. The molecule has 88 valence electrons. The summed E-state index contributed by atoms with van der Waals surface area (Å²) in [5, 5.41) is 4.55. The maximum Gasteiger partial charge on any atom is 0.257 e. The van der Waals surface area contributed by atoms with Gasteiger partial charge in [0.1, 0.15) is 5.82 Å². The van der Waals surface area contributed by atoms with E-state index in [9.17, 15) is 4.79 Å². The fourth-order valence-corrected chi connectivity index (χ4v) is 2.58. The lowest BCUT2D eigenvalue weighted by Gasteiger charge is -2.04. The van der Waals surface area contributed by atoms with Crippen LogP contribution in [0.2, 0.25) is 0 Å². The van der Waals surface area contributed by atoms with Crippen molar-refractivity contribution in [2.75, 3.05) is 5.32 Å². The average molecular weight is 376 g/mol. The van der Waals surface area contributed by atoms with Gasteiger partial charge in [0, 0.05) is 16.0 Å². The van der Waals surface area contributed by atoms with E-state index in [1.165, 1.54) is 11.3 Å². The molecule has 6 heteroatoms. The lowest BCUT2D eigenvalue weighted by Crippen LogP contribution is -2.12. The Morgan fingerprint density at radius 2 is 2.18 bits per heavy atom. The number of carbonyl (C=O) groups excluding carboxylic acids is 1. The van der Waals surface area contributed by atoms with Gasteiger partial charge < -0.3 is 5.32 Å². The van der Waals surface area contributed by atoms with Crippen LogP contribution in [-0.4, -0.2) is 10.9 Å². The molecule has 0 aromatic carbocycles. The Hall–Kier alpha value is -0.720. The highest BCUT2D eigenvalue weighted by Crippen LogP contribution is 2.22. The molecule has 3 nitrogen and oxygen atoms in total. The SMILES string of the molecule is Cc1cc(NC(=O)c2csc(Br)c2)ncc1Br. The van der Waals surface area contributed by atoms with E-state index >= 15 is 0 Å². The Labute approximate surface area is 120 Å². The molecule has 0 aliphatic rings. The van der Waals surface area contributed by atoms with E-state index in [1.807, 2.05) is 13.0 Å². The van der Waals surface area contributed by atoms with Gasteiger partial charge in [0.05, 0.1) is 9.35 Å². The second kappa shape index (κ2) is 5.29. The lowest BCUT2D eigenvalue weighted by atomic mass is 10.3. The highest BCUT2D eigenvalue weighted by molar-refractivity contribution is 9.11. The molecule has 2 aromatic heterocycles. The fourth-order valence-electron chi connectivity index (χ4n) is 1.23. The van der Waals surface area contributed by atoms with Crippen LogP contribution in [0.3, 0.4) is 0 Å². The molecule has 2 rings (SSSR count). The maximum atomic E-state index is 11.8. The number of rotatable bonds is 2. The first-order valence-electron chi connectivity index (χ1n) is 4.74. The van der Waals surface area contributed by atoms with Crippen LogP contribution in [0, 0.1) is 6.92 Å². The van der Waals surface area contributed by atoms with E-state index in [1.54, 1.807) is 17.6 Å². The molecule has 0 fully saturated rings. The number of aryl methyl sites for hydroxylation is 1. The molecule has 0 saturated carbocycles. The lowest BCUT2D eigenvalue weighted by molar-refractivity contribution is 0.102. The molecule has 0 spiro atoms. The van der Waals surface area contributed by atoms with E-state index in [2.05, 4.69) is 42.2 Å². The van der Waals surface area contributed by atoms with Crippen LogP contribution in [0.1, 0.15) is 15.9 Å². The Kier molecular flexibility index (Phi) is 3.96. The molecule has 2 aromatic rings. The van der Waals surface area contributed by atoms with Gasteiger partial charge in [-0.15, -0.1) is 11.3 Å². The average Bonchev–Trinajstić information content (AvgIpc) is 2.70. The van der Waals surface area contributed by atoms with Crippen molar-refractivity contribution < 1.29 is 4.79 Å². The molecule has 0 bridgehead atoms. The second-order valence-electron chi connectivity index (χ2n) is 3.41. The smallest absolute Gasteiger partial charge is 0.257 e. The third-order valence-corrected chi connectivity index (χ3v) is 4.45. The summed E-state index contributed by atoms with van der Waals surface area (Å²) in [4.78, 5) is 16.0. The number of pyridine rings is 1. The first-order valence-corrected chi connectivity index (χ1v) is 7.20. The molecule has 0 atom stereocenters. The molecular formula is C11H8Br2N2OS. The van der Waals surface area contributed by atoms with Gasteiger partial charge in [0.15, 0.2) is 0 Å². The van der Waals surface area contributed by atoms with Crippen LogP contribution in [0.4, 0.5) is 5.82 Å². The Balaban J connectivity index is 2.15. The van der Waals surface area contributed by atoms with Gasteiger partial charge in [0.2, 0.25) is 0 Å². The quantitative estimate of drug-likeness (QED) is 0.853. The van der Waals surface area contributed by atoms with Gasteiger partial charge in [-0.2, -0.15) is 0 Å². The van der Waals surface area contributed by atoms with E-state index in [4.69, 9.17) is 0 Å². The molecule has 0 unspecified atom stereocenters. The van der Waals surface area contributed by atoms with Crippen molar-refractivity contribution in [1.82, 2.24) is 4.98 Å². The fraction of sp³-hybridized carbons (Fsp3) is 0.0909. The zero-order valence-corrected chi connectivity index (χ0v) is 12.8. The van der Waals surface area contributed by atoms with Crippen molar-refractivity contribution in [2.24, 2.45) is 0 Å². The predicted octanol–water partition coefficient (Wildman–Crippen LogP) is 4.23. The zero-order chi connectivity index (χ0) is 12.4. The summed E-state index contributed by atoms with van der Waals surface area (Å²) in [5.74, 6) is 0.402. The number of thiophene rings is 1. The van der Waals surface area contributed by atoms with Crippen molar-refractivity contribution >= 4 is 54.9 Å². The van der Waals surface area contributed by atoms with Crippen molar-refractivity contribution in [2.45, 2.75) is 6.92 Å². The van der Waals surface area contributed by atoms with Gasteiger partial charge in [-0.25, -0.2) is 4.98 Å². The summed E-state index contributed by atoms with van der Waals surface area (Å²) in [6.45, 7) is 1.95. The number of aromatic nitrogens is 1. The normalized spacial score (nSPS) is 10.3. The first kappa shape index (κ1) is 12.7. The Bertz CT molecular complexity index is 568. The van der Waals surface area contributed by atoms with Crippen molar-refractivity contribution in [3.8, 4) is 0 Å². The van der Waals surface area contributed by atoms with Crippen LogP contribution < -0.4 is 5.32 Å². The summed E-state index contributed by atoms with van der Waals surface area (Å²) in [6, 6.07) is 3.61. The van der Waals surface area contributed by atoms with Crippen LogP contribution in [0.25, 0.3) is 0 Å². The van der Waals surface area contributed by atoms with E-state index in [0.717, 1.165) is 13.8 Å². The van der Waals surface area contributed by atoms with Crippen LogP contribution in [0.15, 0.2) is 32.0 Å². The number of carbonyl (C=O) groups is 1. The highest BCUT2D eigenvalue weighted by Gasteiger charge is 2.09. The minimum Gasteiger partial charge on any atom is -0.307 e. The molecule has 2 heterocycles. The van der Waals surface area contributed by atoms with Crippen molar-refractivity contribution in [1.29, 1.82) is 0 Å². The topological polar surface area (TPSA) is 42.0 Å². The van der Waals surface area contributed by atoms with E-state index in [0.29, 0.717) is 11.4 Å². The van der Waals surface area contributed by atoms with Gasteiger partial charge in [-0.1, -0.05) is 0 Å². The largest absolute Gasteiger partial charge is 0.307 e. The monoisotopic (exact) mass is 374 g/mol. The van der Waals surface area contributed by atoms with E-state index in [-0.39, 0.29) is 5.91 Å². The molecule has 0 aliphatic carbocycles. The summed E-state index contributed by atoms with van der Waals surface area (Å²) in [7, 11) is 0. The van der Waals surface area contributed by atoms with Crippen LogP contribution in [0.5, 0.6) is 0 Å². The number of nitrogens with zero attached hydrogens (tertiary/aromatic N) is 1. The molecule has 0 saturated heterocycles. The van der Waals surface area contributed by atoms with Gasteiger partial charge >= 0.3 is 0 Å². The third kappa shape index (κ3) is 3.14. The summed E-state index contributed by atoms with van der Waals surface area (Å²) in [5.41, 5.74) is 1.66. The van der Waals surface area contributed by atoms with Crippen LogP contribution in [-0.2, 0) is 0 Å². The standard InChI is InChI=1S/C11H8Br2N2OS/c1-6-2-10(14-4-8(6)12)15-11(16)7-3-9(13)17-5-7/h2-5H,1H3,(H,14,15,16). The molecule has 17 heavy (non-hydrogen) atoms. The highest BCUT2D eigenvalue weighted by atomic mass is 79.9. The third-order valence-electron chi connectivity index (χ3n) is 2.12. The Morgan fingerprint density at radius 1 is 1.41 bits per heavy atom. The maximum absolute atomic E-state index is 11.8. The molecule has 1 N–H and O–H groups in total. The molecule has 0 radical (unpaired) electrons. The first-order chi connectivity index (χ1) is 8.06. The number of amides is 1. The van der Waals surface area contributed by atoms with Gasteiger partial charge in [-0.3, -0.25) is 4.79 Å². The van der Waals surface area contributed by atoms with E-state index < -0.39 is 0 Å². The predicted molar refractivity (Wildman–Crippen MR) is 76.6 cm³/mol. The zero-order valence-electron chi connectivity index (χ0n) is 8.83. The summed E-state index contributed by atoms with van der Waals surface area (Å²) < 4.78 is 1.86. The number of hydrogen-bond donors (Lipinski definition) is 1. The van der Waals surface area contributed by atoms with Gasteiger partial charge in [-0.05, 0) is 56.5 Å². The minimum atomic E-state index is -0.152. The van der Waals surface area contributed by atoms with Crippen molar-refractivity contribution in [3.63, 3.8) is 0 Å². The number of halogens is 2. The summed E-state index contributed by atoms with van der Waals surface area (Å²) >= 11 is 8.16. The summed E-state index contributed by atoms with van der Waals surface area (Å²) in [6.07, 6.45) is 1.68. The second-order valence-corrected chi connectivity index (χ2v) is 6.56. The van der Waals surface area contributed by atoms with Crippen LogP contribution >= 0.6 is 43.2 Å². The Morgan fingerprint density at radius 3 is 2.76 bits per heavy atom. The minimum absolute atomic E-state index is 0.152.